The van der Waals surface area contributed by atoms with E-state index in [0.717, 1.165) is 18.8 Å². The molecule has 0 radical (unpaired) electrons. The number of aromatic amines is 1. The lowest BCUT2D eigenvalue weighted by Crippen LogP contribution is -2.31. The number of rotatable bonds is 2. The zero-order chi connectivity index (χ0) is 15.0. The molecule has 3 unspecified atom stereocenters. The van der Waals surface area contributed by atoms with Crippen LogP contribution in [0.1, 0.15) is 33.1 Å². The molecule has 1 saturated carbocycles. The second kappa shape index (κ2) is 5.39. The van der Waals surface area contributed by atoms with Gasteiger partial charge in [0.15, 0.2) is 0 Å². The molecule has 2 aromatic rings. The molecule has 5 nitrogen and oxygen atoms in total. The number of hydrogen-bond donors (Lipinski definition) is 3. The molecule has 1 fully saturated rings. The molecular weight excluding hydrogens is 264 g/mol. The van der Waals surface area contributed by atoms with Gasteiger partial charge in [-0.3, -0.25) is 9.78 Å². The van der Waals surface area contributed by atoms with E-state index in [1.54, 1.807) is 18.2 Å². The van der Waals surface area contributed by atoms with E-state index in [2.05, 4.69) is 29.1 Å². The Kier molecular flexibility index (Phi) is 3.57. The highest BCUT2D eigenvalue weighted by molar-refractivity contribution is 5.81. The molecule has 0 bridgehead atoms. The highest BCUT2D eigenvalue weighted by atomic mass is 16.1. The van der Waals surface area contributed by atoms with Crippen molar-refractivity contribution in [2.45, 2.75) is 39.2 Å². The fraction of sp³-hybridized carbons (Fsp3) is 0.500. The molecule has 0 amide bonds. The lowest BCUT2D eigenvalue weighted by Gasteiger charge is -2.32. The monoisotopic (exact) mass is 286 g/mol. The number of nitrogens with zero attached hydrogens (tertiary/aromatic N) is 1. The molecule has 1 aliphatic carbocycles. The maximum Gasteiger partial charge on any atom is 0.260 e. The first-order valence-corrected chi connectivity index (χ1v) is 7.59. The molecule has 1 aromatic heterocycles. The van der Waals surface area contributed by atoms with E-state index in [4.69, 9.17) is 5.73 Å². The molecule has 0 saturated heterocycles. The molecule has 3 atom stereocenters. The largest absolute Gasteiger partial charge is 0.399 e. The van der Waals surface area contributed by atoms with Gasteiger partial charge in [0.1, 0.15) is 0 Å². The second-order valence-corrected chi connectivity index (χ2v) is 6.30. The SMILES string of the molecule is CC1CCC(Nc2nc3ccc(N)cc3c(=O)[nH]2)CC1C. The van der Waals surface area contributed by atoms with Crippen molar-refractivity contribution in [1.29, 1.82) is 0 Å². The summed E-state index contributed by atoms with van der Waals surface area (Å²) in [5, 5.41) is 3.91. The first kappa shape index (κ1) is 13.9. The fourth-order valence-electron chi connectivity index (χ4n) is 3.10. The highest BCUT2D eigenvalue weighted by Crippen LogP contribution is 2.30. The van der Waals surface area contributed by atoms with E-state index in [9.17, 15) is 4.79 Å². The van der Waals surface area contributed by atoms with Gasteiger partial charge in [0.2, 0.25) is 5.95 Å². The number of anilines is 2. The summed E-state index contributed by atoms with van der Waals surface area (Å²) in [5.41, 5.74) is 6.81. The van der Waals surface area contributed by atoms with Crippen molar-refractivity contribution >= 4 is 22.5 Å². The van der Waals surface area contributed by atoms with E-state index in [0.29, 0.717) is 34.5 Å². The number of nitrogens with two attached hydrogens (primary N) is 1. The van der Waals surface area contributed by atoms with Crippen molar-refractivity contribution in [3.63, 3.8) is 0 Å². The summed E-state index contributed by atoms with van der Waals surface area (Å²) in [6, 6.07) is 5.60. The number of benzene rings is 1. The summed E-state index contributed by atoms with van der Waals surface area (Å²) in [4.78, 5) is 19.4. The Hall–Kier alpha value is -2.04. The van der Waals surface area contributed by atoms with Gasteiger partial charge in [-0.25, -0.2) is 4.98 Å². The summed E-state index contributed by atoms with van der Waals surface area (Å²) >= 11 is 0. The average Bonchev–Trinajstić information content (AvgIpc) is 2.44. The first-order valence-electron chi connectivity index (χ1n) is 7.59. The van der Waals surface area contributed by atoms with Gasteiger partial charge in [0.05, 0.1) is 10.9 Å². The van der Waals surface area contributed by atoms with E-state index in [-0.39, 0.29) is 5.56 Å². The fourth-order valence-corrected chi connectivity index (χ4v) is 3.10. The minimum Gasteiger partial charge on any atom is -0.399 e. The van der Waals surface area contributed by atoms with Crippen LogP contribution in [0.15, 0.2) is 23.0 Å². The van der Waals surface area contributed by atoms with Crippen molar-refractivity contribution in [2.24, 2.45) is 11.8 Å². The van der Waals surface area contributed by atoms with Crippen LogP contribution in [-0.2, 0) is 0 Å². The Balaban J connectivity index is 1.85. The number of aromatic nitrogens is 2. The van der Waals surface area contributed by atoms with Crippen LogP contribution in [0.4, 0.5) is 11.6 Å². The number of nitrogen functional groups attached to an aromatic ring is 1. The third-order valence-corrected chi connectivity index (χ3v) is 4.67. The Labute approximate surface area is 124 Å². The Morgan fingerprint density at radius 3 is 2.86 bits per heavy atom. The van der Waals surface area contributed by atoms with E-state index in [1.165, 1.54) is 6.42 Å². The van der Waals surface area contributed by atoms with Gasteiger partial charge in [0.25, 0.3) is 5.56 Å². The first-order chi connectivity index (χ1) is 10.0. The molecule has 1 aromatic carbocycles. The quantitative estimate of drug-likeness (QED) is 0.741. The minimum absolute atomic E-state index is 0.146. The van der Waals surface area contributed by atoms with Gasteiger partial charge in [-0.1, -0.05) is 13.8 Å². The molecular formula is C16H22N4O. The Morgan fingerprint density at radius 1 is 1.29 bits per heavy atom. The summed E-state index contributed by atoms with van der Waals surface area (Å²) in [5.74, 6) is 2.03. The lowest BCUT2D eigenvalue weighted by molar-refractivity contribution is 0.260. The summed E-state index contributed by atoms with van der Waals surface area (Å²) in [7, 11) is 0. The van der Waals surface area contributed by atoms with Gasteiger partial charge in [-0.15, -0.1) is 0 Å². The molecule has 0 spiro atoms. The third kappa shape index (κ3) is 2.86. The molecule has 4 N–H and O–H groups in total. The average molecular weight is 286 g/mol. The molecule has 0 aliphatic heterocycles. The lowest BCUT2D eigenvalue weighted by atomic mass is 9.79. The van der Waals surface area contributed by atoms with Gasteiger partial charge in [-0.2, -0.15) is 0 Å². The number of H-pyrrole nitrogens is 1. The summed E-state index contributed by atoms with van der Waals surface area (Å²) in [6.45, 7) is 4.60. The van der Waals surface area contributed by atoms with Crippen molar-refractivity contribution in [3.05, 3.63) is 28.6 Å². The highest BCUT2D eigenvalue weighted by Gasteiger charge is 2.24. The van der Waals surface area contributed by atoms with E-state index >= 15 is 0 Å². The summed E-state index contributed by atoms with van der Waals surface area (Å²) < 4.78 is 0. The van der Waals surface area contributed by atoms with Gasteiger partial charge < -0.3 is 11.1 Å². The van der Waals surface area contributed by atoms with Crippen LogP contribution in [0.5, 0.6) is 0 Å². The van der Waals surface area contributed by atoms with Crippen LogP contribution in [0.2, 0.25) is 0 Å². The van der Waals surface area contributed by atoms with Crippen LogP contribution in [0.3, 0.4) is 0 Å². The standard InChI is InChI=1S/C16H22N4O/c1-9-3-5-12(7-10(9)2)18-16-19-14-6-4-11(17)8-13(14)15(21)20-16/h4,6,8-10,12H,3,5,7,17H2,1-2H3,(H2,18,19,20,21). The van der Waals surface area contributed by atoms with Crippen LogP contribution >= 0.6 is 0 Å². The Morgan fingerprint density at radius 2 is 2.10 bits per heavy atom. The van der Waals surface area contributed by atoms with Crippen molar-refractivity contribution < 1.29 is 0 Å². The van der Waals surface area contributed by atoms with Crippen LogP contribution in [0.25, 0.3) is 10.9 Å². The molecule has 3 rings (SSSR count). The van der Waals surface area contributed by atoms with Crippen LogP contribution < -0.4 is 16.6 Å². The molecule has 5 heteroatoms. The maximum atomic E-state index is 12.1. The number of fused-ring (bicyclic) bond motifs is 1. The maximum absolute atomic E-state index is 12.1. The van der Waals surface area contributed by atoms with Gasteiger partial charge >= 0.3 is 0 Å². The van der Waals surface area contributed by atoms with Gasteiger partial charge in [-0.05, 0) is 49.3 Å². The predicted molar refractivity (Wildman–Crippen MR) is 86.4 cm³/mol. The molecule has 1 heterocycles. The third-order valence-electron chi connectivity index (χ3n) is 4.67. The zero-order valence-corrected chi connectivity index (χ0v) is 12.5. The van der Waals surface area contributed by atoms with Crippen LogP contribution in [0, 0.1) is 11.8 Å². The predicted octanol–water partition coefficient (Wildman–Crippen LogP) is 2.74. The van der Waals surface area contributed by atoms with E-state index < -0.39 is 0 Å². The van der Waals surface area contributed by atoms with Crippen molar-refractivity contribution in [3.8, 4) is 0 Å². The molecule has 21 heavy (non-hydrogen) atoms. The summed E-state index contributed by atoms with van der Waals surface area (Å²) in [6.07, 6.45) is 3.45. The topological polar surface area (TPSA) is 83.8 Å². The minimum atomic E-state index is -0.146. The van der Waals surface area contributed by atoms with Crippen LogP contribution in [-0.4, -0.2) is 16.0 Å². The van der Waals surface area contributed by atoms with Crippen molar-refractivity contribution in [2.75, 3.05) is 11.1 Å². The normalized spacial score (nSPS) is 25.9. The zero-order valence-electron chi connectivity index (χ0n) is 12.5. The molecule has 112 valence electrons. The number of hydrogen-bond acceptors (Lipinski definition) is 4. The Bertz CT molecular complexity index is 709. The molecule has 1 aliphatic rings. The second-order valence-electron chi connectivity index (χ2n) is 6.30. The van der Waals surface area contributed by atoms with Gasteiger partial charge in [0, 0.05) is 11.7 Å². The smallest absolute Gasteiger partial charge is 0.260 e. The van der Waals surface area contributed by atoms with Crippen molar-refractivity contribution in [1.82, 2.24) is 9.97 Å². The number of nitrogens with one attached hydrogen (secondary N) is 2. The van der Waals surface area contributed by atoms with E-state index in [1.807, 2.05) is 0 Å².